The fourth-order valence-corrected chi connectivity index (χ4v) is 2.87. The molecular formula is C16H18BBrN2O2. The summed E-state index contributed by atoms with van der Waals surface area (Å²) in [6.07, 6.45) is 5.34. The molecule has 6 heteroatoms. The van der Waals surface area contributed by atoms with E-state index in [1.807, 2.05) is 45.9 Å². The molecule has 114 valence electrons. The molecule has 0 aliphatic carbocycles. The molecular weight excluding hydrogens is 343 g/mol. The highest BCUT2D eigenvalue weighted by Crippen LogP contribution is 2.36. The standard InChI is InChI=1S/C16H18BBrN2O2/c1-15(2)16(3,4)22-17(21-15)12-8-13(18)14(20-10-12)11-6-5-7-19-9-11/h5-10H,1-4H3. The molecule has 0 radical (unpaired) electrons. The minimum Gasteiger partial charge on any atom is -0.399 e. The van der Waals surface area contributed by atoms with Gasteiger partial charge in [-0.1, -0.05) is 0 Å². The first-order valence-electron chi connectivity index (χ1n) is 7.22. The Labute approximate surface area is 139 Å². The summed E-state index contributed by atoms with van der Waals surface area (Å²) in [4.78, 5) is 8.67. The molecule has 3 heterocycles. The van der Waals surface area contributed by atoms with Crippen LogP contribution in [0, 0.1) is 0 Å². The average Bonchev–Trinajstić information content (AvgIpc) is 2.68. The van der Waals surface area contributed by atoms with Crippen molar-refractivity contribution in [3.63, 3.8) is 0 Å². The van der Waals surface area contributed by atoms with Gasteiger partial charge in [-0.2, -0.15) is 0 Å². The van der Waals surface area contributed by atoms with E-state index in [9.17, 15) is 0 Å². The van der Waals surface area contributed by atoms with Crippen LogP contribution in [0.15, 0.2) is 41.3 Å². The Morgan fingerprint density at radius 3 is 2.32 bits per heavy atom. The highest BCUT2D eigenvalue weighted by molar-refractivity contribution is 9.10. The Morgan fingerprint density at radius 1 is 1.09 bits per heavy atom. The monoisotopic (exact) mass is 360 g/mol. The van der Waals surface area contributed by atoms with Crippen LogP contribution >= 0.6 is 15.9 Å². The van der Waals surface area contributed by atoms with Crippen LogP contribution in [0.4, 0.5) is 0 Å². The fraction of sp³-hybridized carbons (Fsp3) is 0.375. The molecule has 0 atom stereocenters. The van der Waals surface area contributed by atoms with Crippen LogP contribution in [-0.4, -0.2) is 28.3 Å². The van der Waals surface area contributed by atoms with Gasteiger partial charge in [0.05, 0.1) is 16.9 Å². The van der Waals surface area contributed by atoms with Gasteiger partial charge in [-0.25, -0.2) is 0 Å². The van der Waals surface area contributed by atoms with E-state index in [4.69, 9.17) is 9.31 Å². The van der Waals surface area contributed by atoms with Gasteiger partial charge in [0.15, 0.2) is 0 Å². The van der Waals surface area contributed by atoms with Crippen LogP contribution in [0.25, 0.3) is 11.3 Å². The van der Waals surface area contributed by atoms with E-state index in [-0.39, 0.29) is 11.2 Å². The Hall–Kier alpha value is -1.24. The van der Waals surface area contributed by atoms with Gasteiger partial charge in [0.25, 0.3) is 0 Å². The molecule has 3 rings (SSSR count). The topological polar surface area (TPSA) is 44.2 Å². The number of nitrogens with zero attached hydrogens (tertiary/aromatic N) is 2. The molecule has 2 aromatic rings. The van der Waals surface area contributed by atoms with E-state index in [0.717, 1.165) is 21.2 Å². The van der Waals surface area contributed by atoms with Gasteiger partial charge in [0.2, 0.25) is 0 Å². The van der Waals surface area contributed by atoms with Crippen molar-refractivity contribution in [2.75, 3.05) is 0 Å². The minimum absolute atomic E-state index is 0.355. The van der Waals surface area contributed by atoms with Crippen LogP contribution in [0.2, 0.25) is 0 Å². The highest BCUT2D eigenvalue weighted by atomic mass is 79.9. The number of halogens is 1. The molecule has 0 aromatic carbocycles. The number of rotatable bonds is 2. The van der Waals surface area contributed by atoms with Crippen molar-refractivity contribution in [3.8, 4) is 11.3 Å². The van der Waals surface area contributed by atoms with Gasteiger partial charge < -0.3 is 9.31 Å². The van der Waals surface area contributed by atoms with E-state index in [2.05, 4.69) is 25.9 Å². The van der Waals surface area contributed by atoms with Crippen molar-refractivity contribution in [3.05, 3.63) is 41.3 Å². The second-order valence-electron chi connectivity index (χ2n) is 6.43. The molecule has 1 fully saturated rings. The van der Waals surface area contributed by atoms with Crippen molar-refractivity contribution in [2.24, 2.45) is 0 Å². The highest BCUT2D eigenvalue weighted by Gasteiger charge is 2.51. The molecule has 0 N–H and O–H groups in total. The Bertz CT molecular complexity index is 676. The zero-order valence-corrected chi connectivity index (χ0v) is 14.7. The van der Waals surface area contributed by atoms with E-state index in [0.29, 0.717) is 0 Å². The van der Waals surface area contributed by atoms with E-state index < -0.39 is 7.12 Å². The molecule has 0 bridgehead atoms. The maximum atomic E-state index is 6.06. The van der Waals surface area contributed by atoms with Gasteiger partial charge in [0, 0.05) is 34.1 Å². The van der Waals surface area contributed by atoms with Crippen LogP contribution < -0.4 is 5.46 Å². The van der Waals surface area contributed by atoms with Crippen molar-refractivity contribution in [1.82, 2.24) is 9.97 Å². The first-order chi connectivity index (χ1) is 10.3. The van der Waals surface area contributed by atoms with E-state index >= 15 is 0 Å². The predicted octanol–water partition coefficient (Wildman–Crippen LogP) is 3.21. The van der Waals surface area contributed by atoms with Crippen molar-refractivity contribution in [2.45, 2.75) is 38.9 Å². The largest absolute Gasteiger partial charge is 0.496 e. The third kappa shape index (κ3) is 2.71. The molecule has 0 unspecified atom stereocenters. The summed E-state index contributed by atoms with van der Waals surface area (Å²) in [7, 11) is -0.406. The molecule has 1 aliphatic heterocycles. The van der Waals surface area contributed by atoms with E-state index in [1.54, 1.807) is 18.6 Å². The molecule has 2 aromatic heterocycles. The molecule has 4 nitrogen and oxygen atoms in total. The minimum atomic E-state index is -0.406. The van der Waals surface area contributed by atoms with Gasteiger partial charge in [0.1, 0.15) is 0 Å². The van der Waals surface area contributed by atoms with Crippen molar-refractivity contribution >= 4 is 28.5 Å². The van der Waals surface area contributed by atoms with Gasteiger partial charge in [-0.05, 0) is 61.8 Å². The van der Waals surface area contributed by atoms with Gasteiger partial charge in [-0.15, -0.1) is 0 Å². The third-order valence-corrected chi connectivity index (χ3v) is 4.93. The first kappa shape index (κ1) is 15.7. The smallest absolute Gasteiger partial charge is 0.399 e. The fourth-order valence-electron chi connectivity index (χ4n) is 2.28. The second kappa shape index (κ2) is 5.44. The van der Waals surface area contributed by atoms with Gasteiger partial charge in [-0.3, -0.25) is 9.97 Å². The van der Waals surface area contributed by atoms with E-state index in [1.165, 1.54) is 0 Å². The Balaban J connectivity index is 1.91. The lowest BCUT2D eigenvalue weighted by Crippen LogP contribution is -2.41. The van der Waals surface area contributed by atoms with Crippen LogP contribution in [0.1, 0.15) is 27.7 Å². The van der Waals surface area contributed by atoms with Crippen LogP contribution in [-0.2, 0) is 9.31 Å². The Morgan fingerprint density at radius 2 is 1.77 bits per heavy atom. The zero-order valence-electron chi connectivity index (χ0n) is 13.1. The predicted molar refractivity (Wildman–Crippen MR) is 90.9 cm³/mol. The second-order valence-corrected chi connectivity index (χ2v) is 7.28. The zero-order chi connectivity index (χ0) is 16.0. The van der Waals surface area contributed by atoms with Crippen molar-refractivity contribution in [1.29, 1.82) is 0 Å². The summed E-state index contributed by atoms with van der Waals surface area (Å²) in [5.74, 6) is 0. The lowest BCUT2D eigenvalue weighted by molar-refractivity contribution is 0.00578. The van der Waals surface area contributed by atoms with Crippen LogP contribution in [0.5, 0.6) is 0 Å². The molecule has 0 saturated carbocycles. The maximum Gasteiger partial charge on any atom is 0.496 e. The molecule has 0 spiro atoms. The normalized spacial score (nSPS) is 19.4. The lowest BCUT2D eigenvalue weighted by atomic mass is 9.80. The number of hydrogen-bond donors (Lipinski definition) is 0. The number of hydrogen-bond acceptors (Lipinski definition) is 4. The number of pyridine rings is 2. The SMILES string of the molecule is CC1(C)OB(c2cnc(-c3cccnc3)c(Br)c2)OC1(C)C. The molecule has 1 aliphatic rings. The van der Waals surface area contributed by atoms with Crippen LogP contribution in [0.3, 0.4) is 0 Å². The lowest BCUT2D eigenvalue weighted by Gasteiger charge is -2.32. The Kier molecular flexibility index (Phi) is 3.87. The summed E-state index contributed by atoms with van der Waals surface area (Å²) in [5, 5.41) is 0. The molecule has 22 heavy (non-hydrogen) atoms. The first-order valence-corrected chi connectivity index (χ1v) is 8.01. The molecule has 1 saturated heterocycles. The third-order valence-electron chi connectivity index (χ3n) is 4.32. The summed E-state index contributed by atoms with van der Waals surface area (Å²) in [6, 6.07) is 5.87. The summed E-state index contributed by atoms with van der Waals surface area (Å²) < 4.78 is 13.0. The van der Waals surface area contributed by atoms with Crippen molar-refractivity contribution < 1.29 is 9.31 Å². The maximum absolute atomic E-state index is 6.06. The molecule has 0 amide bonds. The number of aromatic nitrogens is 2. The summed E-state index contributed by atoms with van der Waals surface area (Å²) >= 11 is 3.59. The quantitative estimate of drug-likeness (QED) is 0.771. The van der Waals surface area contributed by atoms with Gasteiger partial charge >= 0.3 is 7.12 Å². The summed E-state index contributed by atoms with van der Waals surface area (Å²) in [5.41, 5.74) is 2.01. The summed E-state index contributed by atoms with van der Waals surface area (Å²) in [6.45, 7) is 8.16. The average molecular weight is 361 g/mol.